The fraction of sp³-hybridized carbons (Fsp3) is 0.857. The van der Waals surface area contributed by atoms with Gasteiger partial charge in [0.25, 0.3) is 0 Å². The molecule has 0 fully saturated rings. The molecule has 0 saturated carbocycles. The van der Waals surface area contributed by atoms with E-state index in [1.54, 1.807) is 0 Å². The van der Waals surface area contributed by atoms with Crippen molar-refractivity contribution >= 4 is 37.5 Å². The average molecular weight is 351 g/mol. The monoisotopic (exact) mass is 350 g/mol. The summed E-state index contributed by atoms with van der Waals surface area (Å²) in [6, 6.07) is 0. The number of hydrogen-bond acceptors (Lipinski definition) is 6. The first kappa shape index (κ1) is 21.1. The van der Waals surface area contributed by atoms with Gasteiger partial charge in [-0.1, -0.05) is 13.8 Å². The normalized spacial score (nSPS) is 22.4. The fourth-order valence-corrected chi connectivity index (χ4v) is 2.37. The summed E-state index contributed by atoms with van der Waals surface area (Å²) in [4.78, 5) is 12.9. The Hall–Kier alpha value is -0.880. The Morgan fingerprint density at radius 3 is 1.45 bits per heavy atom. The van der Waals surface area contributed by atoms with Crippen LogP contribution in [0.4, 0.5) is 0 Å². The largest absolute Gasteiger partial charge is 0.335 e. The third-order valence-electron chi connectivity index (χ3n) is 4.44. The lowest BCUT2D eigenvalue weighted by Crippen LogP contribution is -2.45. The highest BCUT2D eigenvalue weighted by Crippen LogP contribution is 2.27. The van der Waals surface area contributed by atoms with Crippen molar-refractivity contribution in [3.63, 3.8) is 0 Å². The standard InChI is InChI=1S/C14H26N6.2ClH/c1-5-13(3,19-9-7-15-11-19)17-18-14(4,6-2)20-10-8-16-12-20;;/h11-12H,5-10H2,1-4H3;2*1H. The van der Waals surface area contributed by atoms with E-state index in [-0.39, 0.29) is 36.1 Å². The zero-order chi connectivity index (χ0) is 14.6. The minimum Gasteiger partial charge on any atom is -0.335 e. The molecule has 0 aromatic heterocycles. The summed E-state index contributed by atoms with van der Waals surface area (Å²) < 4.78 is 0. The topological polar surface area (TPSA) is 55.9 Å². The molecule has 6 nitrogen and oxygen atoms in total. The molecule has 0 bridgehead atoms. The Labute approximate surface area is 146 Å². The molecule has 0 aliphatic carbocycles. The number of rotatable bonds is 6. The molecular formula is C14H28Cl2N6. The summed E-state index contributed by atoms with van der Waals surface area (Å²) in [6.07, 6.45) is 5.64. The second kappa shape index (κ2) is 8.67. The van der Waals surface area contributed by atoms with Gasteiger partial charge in [0.2, 0.25) is 0 Å². The number of aliphatic imine (C=N–C) groups is 2. The maximum Gasteiger partial charge on any atom is 0.150 e. The molecule has 0 N–H and O–H groups in total. The Bertz CT molecular complexity index is 390. The van der Waals surface area contributed by atoms with Crippen LogP contribution in [0.25, 0.3) is 0 Å². The summed E-state index contributed by atoms with van der Waals surface area (Å²) in [6.45, 7) is 12.1. The van der Waals surface area contributed by atoms with Gasteiger partial charge < -0.3 is 9.80 Å². The van der Waals surface area contributed by atoms with Gasteiger partial charge in [-0.05, 0) is 26.7 Å². The number of azo groups is 1. The molecule has 0 aromatic carbocycles. The van der Waals surface area contributed by atoms with E-state index in [2.05, 4.69) is 47.5 Å². The Kier molecular flexibility index (Phi) is 8.33. The smallest absolute Gasteiger partial charge is 0.150 e. The van der Waals surface area contributed by atoms with E-state index in [1.165, 1.54) is 0 Å². The van der Waals surface area contributed by atoms with E-state index in [1.807, 2.05) is 12.7 Å². The average Bonchev–Trinajstić information content (AvgIpc) is 3.16. The number of halogens is 2. The molecule has 128 valence electrons. The van der Waals surface area contributed by atoms with Crippen LogP contribution in [0.2, 0.25) is 0 Å². The van der Waals surface area contributed by atoms with Gasteiger partial charge in [-0.3, -0.25) is 9.98 Å². The second-order valence-corrected chi connectivity index (χ2v) is 5.77. The molecule has 0 saturated heterocycles. The van der Waals surface area contributed by atoms with Crippen molar-refractivity contribution in [1.29, 1.82) is 0 Å². The zero-order valence-corrected chi connectivity index (χ0v) is 15.5. The lowest BCUT2D eigenvalue weighted by atomic mass is 10.1. The van der Waals surface area contributed by atoms with Gasteiger partial charge in [0.1, 0.15) is 0 Å². The lowest BCUT2D eigenvalue weighted by molar-refractivity contribution is 0.161. The zero-order valence-electron chi connectivity index (χ0n) is 13.9. The van der Waals surface area contributed by atoms with E-state index in [0.29, 0.717) is 0 Å². The van der Waals surface area contributed by atoms with Crippen LogP contribution in [0.1, 0.15) is 40.5 Å². The minimum atomic E-state index is -0.298. The van der Waals surface area contributed by atoms with Crippen LogP contribution in [0.15, 0.2) is 20.2 Å². The van der Waals surface area contributed by atoms with E-state index in [4.69, 9.17) is 10.2 Å². The van der Waals surface area contributed by atoms with Crippen LogP contribution in [-0.2, 0) is 0 Å². The number of nitrogens with zero attached hydrogens (tertiary/aromatic N) is 6. The molecule has 2 heterocycles. The number of hydrogen-bond donors (Lipinski definition) is 0. The summed E-state index contributed by atoms with van der Waals surface area (Å²) in [5.74, 6) is 0. The van der Waals surface area contributed by atoms with Crippen LogP contribution >= 0.6 is 24.8 Å². The molecule has 22 heavy (non-hydrogen) atoms. The van der Waals surface area contributed by atoms with Crippen LogP contribution in [0.5, 0.6) is 0 Å². The predicted molar refractivity (Wildman–Crippen MR) is 96.9 cm³/mol. The summed E-state index contributed by atoms with van der Waals surface area (Å²) in [7, 11) is 0. The summed E-state index contributed by atoms with van der Waals surface area (Å²) >= 11 is 0. The molecule has 2 atom stereocenters. The molecule has 0 aromatic rings. The highest BCUT2D eigenvalue weighted by atomic mass is 35.5. The molecule has 2 aliphatic rings. The maximum atomic E-state index is 4.70. The van der Waals surface area contributed by atoms with Gasteiger partial charge >= 0.3 is 0 Å². The highest BCUT2D eigenvalue weighted by Gasteiger charge is 2.34. The molecule has 0 radical (unpaired) electrons. The van der Waals surface area contributed by atoms with Crippen LogP contribution in [0, 0.1) is 0 Å². The van der Waals surface area contributed by atoms with E-state index >= 15 is 0 Å². The van der Waals surface area contributed by atoms with Gasteiger partial charge in [0.05, 0.1) is 25.8 Å². The van der Waals surface area contributed by atoms with Crippen molar-refractivity contribution in [2.24, 2.45) is 20.2 Å². The van der Waals surface area contributed by atoms with E-state index in [9.17, 15) is 0 Å². The summed E-state index contributed by atoms with van der Waals surface area (Å²) in [5.41, 5.74) is -0.597. The lowest BCUT2D eigenvalue weighted by Gasteiger charge is -2.36. The van der Waals surface area contributed by atoms with Crippen molar-refractivity contribution in [2.75, 3.05) is 26.2 Å². The Morgan fingerprint density at radius 2 is 1.23 bits per heavy atom. The van der Waals surface area contributed by atoms with E-state index in [0.717, 1.165) is 39.0 Å². The first-order chi connectivity index (χ1) is 9.54. The third-order valence-corrected chi connectivity index (χ3v) is 4.44. The molecular weight excluding hydrogens is 323 g/mol. The first-order valence-corrected chi connectivity index (χ1v) is 7.51. The van der Waals surface area contributed by atoms with Crippen molar-refractivity contribution in [3.05, 3.63) is 0 Å². The van der Waals surface area contributed by atoms with Gasteiger partial charge in [-0.25, -0.2) is 0 Å². The SMILES string of the molecule is CCC(C)(N=NC(C)(CC)N1C=NCC1)N1C=NCC1.Cl.Cl. The van der Waals surface area contributed by atoms with E-state index < -0.39 is 0 Å². The van der Waals surface area contributed by atoms with Crippen molar-refractivity contribution in [1.82, 2.24) is 9.80 Å². The van der Waals surface area contributed by atoms with Crippen molar-refractivity contribution in [3.8, 4) is 0 Å². The molecule has 2 aliphatic heterocycles. The fourth-order valence-electron chi connectivity index (χ4n) is 2.37. The van der Waals surface area contributed by atoms with Gasteiger partial charge in [-0.2, -0.15) is 10.2 Å². The van der Waals surface area contributed by atoms with Gasteiger partial charge in [-0.15, -0.1) is 24.8 Å². The van der Waals surface area contributed by atoms with Crippen LogP contribution in [-0.4, -0.2) is 60.0 Å². The van der Waals surface area contributed by atoms with Gasteiger partial charge in [0, 0.05) is 13.1 Å². The summed E-state index contributed by atoms with van der Waals surface area (Å²) in [5, 5.41) is 9.40. The van der Waals surface area contributed by atoms with Gasteiger partial charge in [0.15, 0.2) is 11.3 Å². The van der Waals surface area contributed by atoms with Crippen LogP contribution in [0.3, 0.4) is 0 Å². The first-order valence-electron chi connectivity index (χ1n) is 7.51. The van der Waals surface area contributed by atoms with Crippen molar-refractivity contribution in [2.45, 2.75) is 51.9 Å². The second-order valence-electron chi connectivity index (χ2n) is 5.77. The maximum absolute atomic E-state index is 4.70. The molecule has 8 heteroatoms. The molecule has 2 rings (SSSR count). The minimum absolute atomic E-state index is 0. The third kappa shape index (κ3) is 4.32. The quantitative estimate of drug-likeness (QED) is 0.690. The highest BCUT2D eigenvalue weighted by molar-refractivity contribution is 5.85. The Morgan fingerprint density at radius 1 is 0.864 bits per heavy atom. The molecule has 0 spiro atoms. The molecule has 2 unspecified atom stereocenters. The Balaban J connectivity index is 0.00000220. The molecule has 0 amide bonds. The predicted octanol–water partition coefficient (Wildman–Crippen LogP) is 3.22. The van der Waals surface area contributed by atoms with Crippen LogP contribution < -0.4 is 0 Å². The van der Waals surface area contributed by atoms with Crippen molar-refractivity contribution < 1.29 is 0 Å².